The molecule has 0 bridgehead atoms. The third kappa shape index (κ3) is 4.71. The molecule has 1 N–H and O–H groups in total. The van der Waals surface area contributed by atoms with Crippen LogP contribution in [0.4, 0.5) is 0 Å². The smallest absolute Gasteiger partial charge is 0.0462 e. The number of methoxy groups -OCH3 is 1. The van der Waals surface area contributed by atoms with E-state index in [1.165, 1.54) is 15.6 Å². The third-order valence-electron chi connectivity index (χ3n) is 3.17. The quantitative estimate of drug-likeness (QED) is 0.725. The number of benzene rings is 1. The van der Waals surface area contributed by atoms with Gasteiger partial charge < -0.3 is 10.1 Å². The van der Waals surface area contributed by atoms with Crippen molar-refractivity contribution in [1.82, 2.24) is 5.32 Å². The Morgan fingerprint density at radius 1 is 1.39 bits per heavy atom. The first-order valence-electron chi connectivity index (χ1n) is 6.68. The highest BCUT2D eigenvalue weighted by molar-refractivity contribution is 9.10. The van der Waals surface area contributed by atoms with E-state index in [-0.39, 0.29) is 0 Å². The van der Waals surface area contributed by atoms with E-state index < -0.39 is 0 Å². The SMILES string of the molecule is CCCNC(CCCOC)c1cccc(Br)c1C. The third-order valence-corrected chi connectivity index (χ3v) is 4.03. The van der Waals surface area contributed by atoms with Gasteiger partial charge in [-0.3, -0.25) is 0 Å². The van der Waals surface area contributed by atoms with Crippen LogP contribution in [0.15, 0.2) is 22.7 Å². The van der Waals surface area contributed by atoms with Crippen LogP contribution in [0, 0.1) is 6.92 Å². The normalized spacial score (nSPS) is 12.7. The van der Waals surface area contributed by atoms with Crippen molar-refractivity contribution >= 4 is 15.9 Å². The largest absolute Gasteiger partial charge is 0.385 e. The van der Waals surface area contributed by atoms with E-state index >= 15 is 0 Å². The van der Waals surface area contributed by atoms with Crippen molar-refractivity contribution in [3.8, 4) is 0 Å². The summed E-state index contributed by atoms with van der Waals surface area (Å²) < 4.78 is 6.34. The van der Waals surface area contributed by atoms with Gasteiger partial charge in [0.2, 0.25) is 0 Å². The fourth-order valence-corrected chi connectivity index (χ4v) is 2.50. The molecule has 1 aromatic carbocycles. The molecule has 0 saturated carbocycles. The van der Waals surface area contributed by atoms with Crippen molar-refractivity contribution < 1.29 is 4.74 Å². The van der Waals surface area contributed by atoms with Gasteiger partial charge in [0, 0.05) is 24.2 Å². The second-order valence-corrected chi connectivity index (χ2v) is 5.45. The monoisotopic (exact) mass is 313 g/mol. The Morgan fingerprint density at radius 2 is 2.17 bits per heavy atom. The second kappa shape index (κ2) is 8.68. The predicted molar refractivity (Wildman–Crippen MR) is 81.0 cm³/mol. The minimum absolute atomic E-state index is 0.428. The lowest BCUT2D eigenvalue weighted by molar-refractivity contribution is 0.188. The first-order valence-corrected chi connectivity index (χ1v) is 7.47. The lowest BCUT2D eigenvalue weighted by atomic mass is 9.97. The van der Waals surface area contributed by atoms with Gasteiger partial charge in [0.05, 0.1) is 0 Å². The summed E-state index contributed by atoms with van der Waals surface area (Å²) in [5.74, 6) is 0. The predicted octanol–water partition coefficient (Wildman–Crippen LogP) is 4.22. The molecule has 0 spiro atoms. The van der Waals surface area contributed by atoms with E-state index in [4.69, 9.17) is 4.74 Å². The van der Waals surface area contributed by atoms with Gasteiger partial charge in [0.25, 0.3) is 0 Å². The van der Waals surface area contributed by atoms with Crippen molar-refractivity contribution in [3.05, 3.63) is 33.8 Å². The van der Waals surface area contributed by atoms with E-state index in [1.54, 1.807) is 7.11 Å². The summed E-state index contributed by atoms with van der Waals surface area (Å²) >= 11 is 3.61. The van der Waals surface area contributed by atoms with Crippen LogP contribution in [0.1, 0.15) is 43.4 Å². The minimum atomic E-state index is 0.428. The van der Waals surface area contributed by atoms with Crippen LogP contribution in [0.5, 0.6) is 0 Å². The van der Waals surface area contributed by atoms with Crippen LogP contribution in [-0.4, -0.2) is 20.3 Å². The lowest BCUT2D eigenvalue weighted by Gasteiger charge is -2.21. The highest BCUT2D eigenvalue weighted by atomic mass is 79.9. The molecule has 18 heavy (non-hydrogen) atoms. The van der Waals surface area contributed by atoms with Crippen LogP contribution in [0.2, 0.25) is 0 Å². The van der Waals surface area contributed by atoms with E-state index in [9.17, 15) is 0 Å². The van der Waals surface area contributed by atoms with Gasteiger partial charge in [-0.1, -0.05) is 35.0 Å². The average molecular weight is 314 g/mol. The molecule has 1 rings (SSSR count). The molecule has 0 heterocycles. The second-order valence-electron chi connectivity index (χ2n) is 4.60. The summed E-state index contributed by atoms with van der Waals surface area (Å²) in [6.07, 6.45) is 3.36. The maximum absolute atomic E-state index is 5.15. The number of hydrogen-bond donors (Lipinski definition) is 1. The van der Waals surface area contributed by atoms with Gasteiger partial charge in [0.15, 0.2) is 0 Å². The summed E-state index contributed by atoms with van der Waals surface area (Å²) in [7, 11) is 1.76. The molecule has 102 valence electrons. The maximum atomic E-state index is 5.15. The molecule has 1 atom stereocenters. The molecule has 0 saturated heterocycles. The van der Waals surface area contributed by atoms with Crippen molar-refractivity contribution in [2.45, 2.75) is 39.2 Å². The summed E-state index contributed by atoms with van der Waals surface area (Å²) in [6.45, 7) is 6.27. The van der Waals surface area contributed by atoms with Crippen molar-refractivity contribution in [2.24, 2.45) is 0 Å². The highest BCUT2D eigenvalue weighted by Crippen LogP contribution is 2.27. The fraction of sp³-hybridized carbons (Fsp3) is 0.600. The molecule has 0 amide bonds. The van der Waals surface area contributed by atoms with Gasteiger partial charge in [-0.25, -0.2) is 0 Å². The van der Waals surface area contributed by atoms with E-state index in [2.05, 4.69) is 53.3 Å². The fourth-order valence-electron chi connectivity index (χ4n) is 2.12. The van der Waals surface area contributed by atoms with Gasteiger partial charge in [-0.15, -0.1) is 0 Å². The number of halogens is 1. The van der Waals surface area contributed by atoms with Crippen LogP contribution in [-0.2, 0) is 4.74 Å². The maximum Gasteiger partial charge on any atom is 0.0462 e. The zero-order chi connectivity index (χ0) is 13.4. The van der Waals surface area contributed by atoms with Crippen LogP contribution in [0.25, 0.3) is 0 Å². The molecule has 3 heteroatoms. The topological polar surface area (TPSA) is 21.3 Å². The molecule has 0 aliphatic rings. The molecular formula is C15H24BrNO. The first-order chi connectivity index (χ1) is 8.70. The summed E-state index contributed by atoms with van der Waals surface area (Å²) in [5.41, 5.74) is 2.73. The van der Waals surface area contributed by atoms with E-state index in [0.29, 0.717) is 6.04 Å². The van der Waals surface area contributed by atoms with Gasteiger partial charge in [-0.05, 0) is 49.9 Å². The summed E-state index contributed by atoms with van der Waals surface area (Å²) in [5, 5.41) is 3.64. The Hall–Kier alpha value is -0.380. The van der Waals surface area contributed by atoms with Crippen molar-refractivity contribution in [1.29, 1.82) is 0 Å². The molecular weight excluding hydrogens is 290 g/mol. The number of nitrogens with one attached hydrogen (secondary N) is 1. The van der Waals surface area contributed by atoms with Crippen LogP contribution < -0.4 is 5.32 Å². The average Bonchev–Trinajstić information content (AvgIpc) is 2.37. The Labute approximate surface area is 119 Å². The van der Waals surface area contributed by atoms with Gasteiger partial charge >= 0.3 is 0 Å². The number of hydrogen-bond acceptors (Lipinski definition) is 2. The van der Waals surface area contributed by atoms with Gasteiger partial charge in [-0.2, -0.15) is 0 Å². The number of rotatable bonds is 8. The van der Waals surface area contributed by atoms with Crippen molar-refractivity contribution in [3.63, 3.8) is 0 Å². The molecule has 0 aliphatic carbocycles. The Morgan fingerprint density at radius 3 is 2.83 bits per heavy atom. The first kappa shape index (κ1) is 15.7. The molecule has 0 aromatic heterocycles. The van der Waals surface area contributed by atoms with Gasteiger partial charge in [0.1, 0.15) is 0 Å². The molecule has 2 nitrogen and oxygen atoms in total. The summed E-state index contributed by atoms with van der Waals surface area (Å²) in [4.78, 5) is 0. The molecule has 0 radical (unpaired) electrons. The Balaban J connectivity index is 2.76. The van der Waals surface area contributed by atoms with E-state index in [0.717, 1.165) is 32.4 Å². The standard InChI is InChI=1S/C15H24BrNO/c1-4-10-17-15(9-6-11-18-3)13-7-5-8-14(16)12(13)2/h5,7-8,15,17H,4,6,9-11H2,1-3H3. The van der Waals surface area contributed by atoms with Crippen LogP contribution in [0.3, 0.4) is 0 Å². The lowest BCUT2D eigenvalue weighted by Crippen LogP contribution is -2.23. The zero-order valence-electron chi connectivity index (χ0n) is 11.6. The Kier molecular flexibility index (Phi) is 7.56. The van der Waals surface area contributed by atoms with Crippen molar-refractivity contribution in [2.75, 3.05) is 20.3 Å². The summed E-state index contributed by atoms with van der Waals surface area (Å²) in [6, 6.07) is 6.87. The minimum Gasteiger partial charge on any atom is -0.385 e. The number of ether oxygens (including phenoxy) is 1. The highest BCUT2D eigenvalue weighted by Gasteiger charge is 2.13. The molecule has 0 aliphatic heterocycles. The Bertz CT molecular complexity index is 354. The van der Waals surface area contributed by atoms with E-state index in [1.807, 2.05) is 0 Å². The molecule has 1 aromatic rings. The zero-order valence-corrected chi connectivity index (χ0v) is 13.2. The molecule has 0 fully saturated rings. The van der Waals surface area contributed by atoms with Crippen LogP contribution >= 0.6 is 15.9 Å². The molecule has 1 unspecified atom stereocenters.